The van der Waals surface area contributed by atoms with Crippen LogP contribution in [0.15, 0.2) is 0 Å². The highest BCUT2D eigenvalue weighted by molar-refractivity contribution is 7.87. The third kappa shape index (κ3) is 16.1. The third-order valence-electron chi connectivity index (χ3n) is 4.95. The summed E-state index contributed by atoms with van der Waals surface area (Å²) in [5.41, 5.74) is 5.51. The van der Waals surface area contributed by atoms with Gasteiger partial charge in [-0.2, -0.15) is 8.42 Å². The molecular weight excluding hydrogens is 346 g/mol. The quantitative estimate of drug-likeness (QED) is 0.212. The van der Waals surface area contributed by atoms with Gasteiger partial charge in [-0.1, -0.05) is 104 Å². The Labute approximate surface area is 163 Å². The van der Waals surface area contributed by atoms with E-state index in [4.69, 9.17) is 9.92 Å². The first-order valence-corrected chi connectivity index (χ1v) is 12.5. The van der Waals surface area contributed by atoms with Gasteiger partial charge >= 0.3 is 0 Å². The molecule has 0 radical (unpaired) electrons. The highest BCUT2D eigenvalue weighted by Gasteiger charge is 2.19. The SMILES string of the molecule is CCC(N)S(=O)(=O)OCCCCCCCCCCCCCCCC(C)C. The van der Waals surface area contributed by atoms with Crippen LogP contribution in [0.5, 0.6) is 0 Å². The van der Waals surface area contributed by atoms with Gasteiger partial charge in [-0.05, 0) is 18.8 Å². The molecule has 5 heteroatoms. The van der Waals surface area contributed by atoms with Crippen molar-refractivity contribution in [1.82, 2.24) is 0 Å². The van der Waals surface area contributed by atoms with Gasteiger partial charge in [0.15, 0.2) is 0 Å². The zero-order chi connectivity index (χ0) is 19.7. The van der Waals surface area contributed by atoms with Gasteiger partial charge in [0.1, 0.15) is 5.37 Å². The minimum atomic E-state index is -3.55. The van der Waals surface area contributed by atoms with Crippen molar-refractivity contribution in [3.05, 3.63) is 0 Å². The van der Waals surface area contributed by atoms with Crippen LogP contribution in [0, 0.1) is 5.92 Å². The molecule has 0 aromatic carbocycles. The minimum Gasteiger partial charge on any atom is -0.313 e. The summed E-state index contributed by atoms with van der Waals surface area (Å²) in [5.74, 6) is 0.856. The molecule has 0 aliphatic carbocycles. The molecule has 26 heavy (non-hydrogen) atoms. The molecule has 2 N–H and O–H groups in total. The Morgan fingerprint density at radius 3 is 1.50 bits per heavy atom. The Morgan fingerprint density at radius 1 is 0.731 bits per heavy atom. The van der Waals surface area contributed by atoms with Crippen LogP contribution >= 0.6 is 0 Å². The second kappa shape index (κ2) is 17.0. The van der Waals surface area contributed by atoms with Crippen LogP contribution in [0.2, 0.25) is 0 Å². The normalized spacial score (nSPS) is 13.4. The molecule has 1 atom stereocenters. The predicted molar refractivity (Wildman–Crippen MR) is 113 cm³/mol. The van der Waals surface area contributed by atoms with Crippen molar-refractivity contribution in [1.29, 1.82) is 0 Å². The van der Waals surface area contributed by atoms with Crippen molar-refractivity contribution in [3.63, 3.8) is 0 Å². The summed E-state index contributed by atoms with van der Waals surface area (Å²) >= 11 is 0. The molecule has 1 unspecified atom stereocenters. The number of hydrogen-bond donors (Lipinski definition) is 1. The first-order valence-electron chi connectivity index (χ1n) is 11.0. The van der Waals surface area contributed by atoms with Crippen molar-refractivity contribution in [3.8, 4) is 0 Å². The molecule has 0 aromatic heterocycles. The summed E-state index contributed by atoms with van der Waals surface area (Å²) in [5, 5.41) is -0.887. The lowest BCUT2D eigenvalue weighted by Gasteiger charge is -2.10. The molecule has 0 spiro atoms. The fourth-order valence-electron chi connectivity index (χ4n) is 3.07. The van der Waals surface area contributed by atoms with E-state index >= 15 is 0 Å². The van der Waals surface area contributed by atoms with Gasteiger partial charge in [0.25, 0.3) is 10.1 Å². The molecule has 0 aliphatic heterocycles. The van der Waals surface area contributed by atoms with Crippen LogP contribution in [0.25, 0.3) is 0 Å². The summed E-state index contributed by atoms with van der Waals surface area (Å²) < 4.78 is 28.1. The van der Waals surface area contributed by atoms with Crippen LogP contribution in [-0.2, 0) is 14.3 Å². The van der Waals surface area contributed by atoms with Crippen molar-refractivity contribution in [2.24, 2.45) is 11.7 Å². The molecule has 4 nitrogen and oxygen atoms in total. The summed E-state index contributed by atoms with van der Waals surface area (Å²) in [6, 6.07) is 0. The van der Waals surface area contributed by atoms with E-state index in [2.05, 4.69) is 13.8 Å². The lowest BCUT2D eigenvalue weighted by Crippen LogP contribution is -2.31. The van der Waals surface area contributed by atoms with Crippen molar-refractivity contribution >= 4 is 10.1 Å². The molecule has 0 saturated carbocycles. The molecule has 158 valence electrons. The van der Waals surface area contributed by atoms with Gasteiger partial charge < -0.3 is 5.73 Å². The molecular formula is C21H45NO3S. The highest BCUT2D eigenvalue weighted by Crippen LogP contribution is 2.14. The third-order valence-corrected chi connectivity index (χ3v) is 6.52. The molecule has 0 bridgehead atoms. The maximum Gasteiger partial charge on any atom is 0.283 e. The number of unbranched alkanes of at least 4 members (excludes halogenated alkanes) is 12. The molecule has 0 amide bonds. The predicted octanol–water partition coefficient (Wildman–Crippen LogP) is 6.15. The van der Waals surface area contributed by atoms with E-state index in [1.807, 2.05) is 0 Å². The number of hydrogen-bond acceptors (Lipinski definition) is 4. The summed E-state index contributed by atoms with van der Waals surface area (Å²) in [7, 11) is -3.55. The van der Waals surface area contributed by atoms with Gasteiger partial charge in [-0.15, -0.1) is 0 Å². The molecule has 0 heterocycles. The molecule has 0 saturated heterocycles. The van der Waals surface area contributed by atoms with Gasteiger partial charge in [-0.25, -0.2) is 0 Å². The second-order valence-electron chi connectivity index (χ2n) is 8.04. The van der Waals surface area contributed by atoms with Crippen LogP contribution < -0.4 is 5.73 Å². The van der Waals surface area contributed by atoms with Gasteiger partial charge in [0.05, 0.1) is 6.61 Å². The molecule has 0 rings (SSSR count). The van der Waals surface area contributed by atoms with Crippen LogP contribution in [0.1, 0.15) is 117 Å². The Bertz CT molecular complexity index is 396. The second-order valence-corrected chi connectivity index (χ2v) is 9.87. The minimum absolute atomic E-state index is 0.271. The van der Waals surface area contributed by atoms with Crippen molar-refractivity contribution in [2.45, 2.75) is 122 Å². The Kier molecular flexibility index (Phi) is 16.9. The molecule has 0 aromatic rings. The molecule has 0 aliphatic rings. The topological polar surface area (TPSA) is 69.4 Å². The van der Waals surface area contributed by atoms with E-state index in [0.717, 1.165) is 18.8 Å². The Hall–Kier alpha value is -0.130. The van der Waals surface area contributed by atoms with Gasteiger partial charge in [0.2, 0.25) is 0 Å². The standard InChI is InChI=1S/C21H45NO3S/c1-4-21(22)26(23,24)25-19-17-15-13-11-9-7-5-6-8-10-12-14-16-18-20(2)3/h20-21H,4-19,22H2,1-3H3. The fourth-order valence-corrected chi connectivity index (χ4v) is 4.00. The van der Waals surface area contributed by atoms with E-state index in [-0.39, 0.29) is 6.61 Å². The number of nitrogens with two attached hydrogens (primary N) is 1. The summed E-state index contributed by atoms with van der Waals surface area (Å²) in [6.45, 7) is 6.64. The Balaban J connectivity index is 3.23. The van der Waals surface area contributed by atoms with Gasteiger partial charge in [-0.3, -0.25) is 4.18 Å². The summed E-state index contributed by atoms with van der Waals surface area (Å²) in [6.07, 6.45) is 18.4. The van der Waals surface area contributed by atoms with E-state index < -0.39 is 15.5 Å². The van der Waals surface area contributed by atoms with Crippen LogP contribution in [0.3, 0.4) is 0 Å². The monoisotopic (exact) mass is 391 g/mol. The van der Waals surface area contributed by atoms with Gasteiger partial charge in [0, 0.05) is 0 Å². The van der Waals surface area contributed by atoms with Crippen LogP contribution in [-0.4, -0.2) is 20.4 Å². The lowest BCUT2D eigenvalue weighted by atomic mass is 10.0. The smallest absolute Gasteiger partial charge is 0.283 e. The number of rotatable bonds is 19. The maximum absolute atomic E-state index is 11.6. The fraction of sp³-hybridized carbons (Fsp3) is 1.00. The van der Waals surface area contributed by atoms with Crippen molar-refractivity contribution < 1.29 is 12.6 Å². The Morgan fingerprint density at radius 2 is 1.12 bits per heavy atom. The average Bonchev–Trinajstić information content (AvgIpc) is 2.60. The highest BCUT2D eigenvalue weighted by atomic mass is 32.2. The van der Waals surface area contributed by atoms with Crippen molar-refractivity contribution in [2.75, 3.05) is 6.61 Å². The largest absolute Gasteiger partial charge is 0.313 e. The lowest BCUT2D eigenvalue weighted by molar-refractivity contribution is 0.300. The maximum atomic E-state index is 11.6. The van der Waals surface area contributed by atoms with E-state index in [0.29, 0.717) is 6.42 Å². The average molecular weight is 392 g/mol. The first-order chi connectivity index (χ1) is 12.4. The zero-order valence-corrected chi connectivity index (χ0v) is 18.5. The van der Waals surface area contributed by atoms with E-state index in [1.54, 1.807) is 6.92 Å². The zero-order valence-electron chi connectivity index (χ0n) is 17.7. The van der Waals surface area contributed by atoms with E-state index in [9.17, 15) is 8.42 Å². The molecule has 0 fully saturated rings. The van der Waals surface area contributed by atoms with E-state index in [1.165, 1.54) is 77.0 Å². The van der Waals surface area contributed by atoms with Crippen LogP contribution in [0.4, 0.5) is 0 Å². The first kappa shape index (κ1) is 25.9. The summed E-state index contributed by atoms with van der Waals surface area (Å²) in [4.78, 5) is 0.